The third-order valence-corrected chi connectivity index (χ3v) is 9.51. The molecule has 1 aliphatic rings. The summed E-state index contributed by atoms with van der Waals surface area (Å²) < 4.78 is 24.9. The van der Waals surface area contributed by atoms with E-state index in [1.165, 1.54) is 0 Å². The number of Topliss-reactive ketones (excluding diaryl/α,β-unsaturated/α-hetero) is 1. The predicted molar refractivity (Wildman–Crippen MR) is 153 cm³/mol. The summed E-state index contributed by atoms with van der Waals surface area (Å²) in [6.07, 6.45) is 2.83. The Balaban J connectivity index is 3.22. The fraction of sp³-hybridized carbons (Fsp3) is 0.935. The molecule has 0 radical (unpaired) electrons. The lowest BCUT2D eigenvalue weighted by Crippen LogP contribution is -2.56. The molecule has 7 heteroatoms. The van der Waals surface area contributed by atoms with Crippen LogP contribution in [0.2, 0.25) is 0 Å². The highest BCUT2D eigenvalue weighted by atomic mass is 16.7. The van der Waals surface area contributed by atoms with Crippen LogP contribution >= 0.6 is 0 Å². The number of ether oxygens (including phenoxy) is 4. The van der Waals surface area contributed by atoms with E-state index >= 15 is 0 Å². The SMILES string of the molecule is CCC[C@](C)(OC)[C@H](O[C@@H]1O[C@H](C)C[C@H](NC)[C@H]1C)[C@@H](C)C(=O)[C@@H](C)C(=O)O[C@H](CC)C(C)(C)[C@H](C)CC. The molecule has 7 nitrogen and oxygen atoms in total. The minimum atomic E-state index is -0.908. The Labute approximate surface area is 233 Å². The van der Waals surface area contributed by atoms with E-state index in [0.717, 1.165) is 19.3 Å². The van der Waals surface area contributed by atoms with E-state index in [0.29, 0.717) is 18.8 Å². The van der Waals surface area contributed by atoms with Crippen molar-refractivity contribution in [3.63, 3.8) is 0 Å². The summed E-state index contributed by atoms with van der Waals surface area (Å²) >= 11 is 0. The number of rotatable bonds is 16. The van der Waals surface area contributed by atoms with Crippen molar-refractivity contribution in [3.05, 3.63) is 0 Å². The third kappa shape index (κ3) is 8.25. The van der Waals surface area contributed by atoms with Crippen LogP contribution in [0.1, 0.15) is 108 Å². The first-order chi connectivity index (χ1) is 17.6. The van der Waals surface area contributed by atoms with Crippen LogP contribution in [0.15, 0.2) is 0 Å². The van der Waals surface area contributed by atoms with Crippen molar-refractivity contribution in [2.75, 3.05) is 14.2 Å². The van der Waals surface area contributed by atoms with E-state index < -0.39 is 35.8 Å². The predicted octanol–water partition coefficient (Wildman–Crippen LogP) is 6.17. The van der Waals surface area contributed by atoms with Gasteiger partial charge < -0.3 is 24.3 Å². The van der Waals surface area contributed by atoms with Gasteiger partial charge in [-0.1, -0.05) is 68.2 Å². The van der Waals surface area contributed by atoms with Gasteiger partial charge in [-0.25, -0.2) is 0 Å². The Morgan fingerprint density at radius 3 is 2.13 bits per heavy atom. The van der Waals surface area contributed by atoms with E-state index in [-0.39, 0.29) is 35.4 Å². The molecule has 0 aromatic carbocycles. The molecule has 0 unspecified atom stereocenters. The summed E-state index contributed by atoms with van der Waals surface area (Å²) in [5, 5.41) is 3.38. The Hall–Kier alpha value is -1.02. The van der Waals surface area contributed by atoms with Gasteiger partial charge in [0.05, 0.1) is 17.8 Å². The lowest BCUT2D eigenvalue weighted by atomic mass is 9.73. The molecule has 1 saturated heterocycles. The van der Waals surface area contributed by atoms with Gasteiger partial charge in [-0.2, -0.15) is 0 Å². The molecule has 224 valence electrons. The van der Waals surface area contributed by atoms with Crippen molar-refractivity contribution in [3.8, 4) is 0 Å². The van der Waals surface area contributed by atoms with Crippen molar-refractivity contribution >= 4 is 11.8 Å². The van der Waals surface area contributed by atoms with Crippen LogP contribution in [0, 0.1) is 29.1 Å². The number of hydrogen-bond acceptors (Lipinski definition) is 7. The molecule has 0 saturated carbocycles. The van der Waals surface area contributed by atoms with Gasteiger partial charge in [-0.3, -0.25) is 9.59 Å². The maximum absolute atomic E-state index is 13.8. The molecular formula is C31H59NO6. The van der Waals surface area contributed by atoms with Crippen LogP contribution in [0.4, 0.5) is 0 Å². The van der Waals surface area contributed by atoms with Gasteiger partial charge in [0.2, 0.25) is 0 Å². The largest absolute Gasteiger partial charge is 0.461 e. The average Bonchev–Trinajstić information content (AvgIpc) is 2.89. The topological polar surface area (TPSA) is 83.1 Å². The summed E-state index contributed by atoms with van der Waals surface area (Å²) in [5.41, 5.74) is -0.916. The van der Waals surface area contributed by atoms with E-state index in [1.807, 2.05) is 34.7 Å². The van der Waals surface area contributed by atoms with Gasteiger partial charge in [0.25, 0.3) is 0 Å². The van der Waals surface area contributed by atoms with Crippen LogP contribution in [0.25, 0.3) is 0 Å². The summed E-state index contributed by atoms with van der Waals surface area (Å²) in [5.74, 6) is -1.71. The van der Waals surface area contributed by atoms with E-state index in [1.54, 1.807) is 14.0 Å². The fourth-order valence-electron chi connectivity index (χ4n) is 6.01. The van der Waals surface area contributed by atoms with Crippen molar-refractivity contribution in [1.29, 1.82) is 0 Å². The second kappa shape index (κ2) is 15.1. The van der Waals surface area contributed by atoms with Crippen LogP contribution in [0.3, 0.4) is 0 Å². The Bertz CT molecular complexity index is 742. The molecule has 1 N–H and O–H groups in total. The molecule has 0 spiro atoms. The lowest BCUT2D eigenvalue weighted by Gasteiger charge is -2.45. The number of methoxy groups -OCH3 is 1. The molecule has 1 fully saturated rings. The maximum Gasteiger partial charge on any atom is 0.316 e. The number of hydrogen-bond donors (Lipinski definition) is 1. The molecule has 1 rings (SSSR count). The Kier molecular flexibility index (Phi) is 13.9. The van der Waals surface area contributed by atoms with Gasteiger partial charge in [-0.15, -0.1) is 0 Å². The van der Waals surface area contributed by atoms with E-state index in [2.05, 4.69) is 46.9 Å². The first kappa shape index (κ1) is 35.0. The van der Waals surface area contributed by atoms with E-state index in [9.17, 15) is 9.59 Å². The second-order valence-electron chi connectivity index (χ2n) is 12.5. The van der Waals surface area contributed by atoms with Gasteiger partial charge in [0.1, 0.15) is 12.0 Å². The molecule has 0 bridgehead atoms. The molecule has 0 aromatic heterocycles. The summed E-state index contributed by atoms with van der Waals surface area (Å²) in [6, 6.07) is 0.240. The summed E-state index contributed by atoms with van der Waals surface area (Å²) in [4.78, 5) is 27.1. The summed E-state index contributed by atoms with van der Waals surface area (Å²) in [6.45, 7) is 22.4. The average molecular weight is 542 g/mol. The van der Waals surface area contributed by atoms with E-state index in [4.69, 9.17) is 18.9 Å². The molecule has 0 amide bonds. The molecule has 1 aliphatic heterocycles. The minimum Gasteiger partial charge on any atom is -0.461 e. The van der Waals surface area contributed by atoms with Crippen LogP contribution in [-0.4, -0.2) is 62.2 Å². The van der Waals surface area contributed by atoms with Crippen LogP contribution in [-0.2, 0) is 28.5 Å². The third-order valence-electron chi connectivity index (χ3n) is 9.51. The van der Waals surface area contributed by atoms with Gasteiger partial charge in [-0.05, 0) is 53.0 Å². The fourth-order valence-corrected chi connectivity index (χ4v) is 6.01. The maximum atomic E-state index is 13.8. The van der Waals surface area contributed by atoms with Crippen LogP contribution < -0.4 is 5.32 Å². The highest BCUT2D eigenvalue weighted by Gasteiger charge is 2.47. The zero-order valence-corrected chi connectivity index (χ0v) is 26.7. The number of esters is 1. The second-order valence-corrected chi connectivity index (χ2v) is 12.5. The monoisotopic (exact) mass is 541 g/mol. The minimum absolute atomic E-state index is 0.0222. The summed E-state index contributed by atoms with van der Waals surface area (Å²) in [7, 11) is 3.61. The first-order valence-electron chi connectivity index (χ1n) is 14.9. The van der Waals surface area contributed by atoms with Crippen molar-refractivity contribution in [2.24, 2.45) is 29.1 Å². The molecule has 0 aromatic rings. The zero-order chi connectivity index (χ0) is 29.4. The molecule has 38 heavy (non-hydrogen) atoms. The number of ketones is 1. The Morgan fingerprint density at radius 2 is 1.66 bits per heavy atom. The standard InChI is InChI=1S/C31H59NO6/c1-14-17-31(11,35-13)27(38-29-21(6)24(32-12)18-20(5)36-29)22(7)26(33)23(8)28(34)37-25(16-3)30(9,10)19(4)15-2/h19-25,27,29,32H,14-18H2,1-13H3/t19-,20-,21-,22+,23-,24+,25-,27-,29+,31+/m1/s1. The smallest absolute Gasteiger partial charge is 0.316 e. The molecule has 0 aliphatic carbocycles. The van der Waals surface area contributed by atoms with Gasteiger partial charge >= 0.3 is 5.97 Å². The Morgan fingerprint density at radius 1 is 1.05 bits per heavy atom. The van der Waals surface area contributed by atoms with Gasteiger partial charge in [0, 0.05) is 30.4 Å². The highest BCUT2D eigenvalue weighted by molar-refractivity contribution is 6.00. The van der Waals surface area contributed by atoms with Crippen molar-refractivity contribution in [1.82, 2.24) is 5.32 Å². The lowest BCUT2D eigenvalue weighted by molar-refractivity contribution is -0.275. The molecular weight excluding hydrogens is 482 g/mol. The number of nitrogens with one attached hydrogen (secondary N) is 1. The zero-order valence-electron chi connectivity index (χ0n) is 26.7. The molecule has 10 atom stereocenters. The van der Waals surface area contributed by atoms with Gasteiger partial charge in [0.15, 0.2) is 12.1 Å². The van der Waals surface area contributed by atoms with Crippen LogP contribution in [0.5, 0.6) is 0 Å². The van der Waals surface area contributed by atoms with Crippen molar-refractivity contribution < 1.29 is 28.5 Å². The number of carbonyl (C=O) groups excluding carboxylic acids is 2. The highest BCUT2D eigenvalue weighted by Crippen LogP contribution is 2.38. The quantitative estimate of drug-likeness (QED) is 0.185. The normalized spacial score (nSPS) is 28.0. The van der Waals surface area contributed by atoms with Crippen molar-refractivity contribution in [2.45, 2.75) is 145 Å². The number of carbonyl (C=O) groups is 2. The first-order valence-corrected chi connectivity index (χ1v) is 14.9. The molecule has 1 heterocycles.